The average molecular weight is 293 g/mol. The van der Waals surface area contributed by atoms with Crippen molar-refractivity contribution in [3.8, 4) is 0 Å². The summed E-state index contributed by atoms with van der Waals surface area (Å²) in [5, 5.41) is 1.04. The molecule has 1 atom stereocenters. The van der Waals surface area contributed by atoms with Crippen LogP contribution in [0.3, 0.4) is 0 Å². The Labute approximate surface area is 124 Å². The number of likely N-dealkylation sites (tertiary alicyclic amines) is 1. The molecule has 20 heavy (non-hydrogen) atoms. The first-order valence-electron chi connectivity index (χ1n) is 7.37. The van der Waals surface area contributed by atoms with E-state index in [2.05, 4.69) is 32.1 Å². The zero-order valence-electron chi connectivity index (χ0n) is 12.0. The van der Waals surface area contributed by atoms with E-state index in [1.165, 1.54) is 6.42 Å². The zero-order valence-corrected chi connectivity index (χ0v) is 12.9. The molecule has 2 aliphatic heterocycles. The molecule has 0 radical (unpaired) electrons. The lowest BCUT2D eigenvalue weighted by Crippen LogP contribution is -2.46. The maximum Gasteiger partial charge on any atom is 0.133 e. The molecule has 5 nitrogen and oxygen atoms in total. The van der Waals surface area contributed by atoms with Gasteiger partial charge in [0.15, 0.2) is 0 Å². The van der Waals surface area contributed by atoms with Crippen LogP contribution in [-0.2, 0) is 0 Å². The van der Waals surface area contributed by atoms with Crippen LogP contribution in [0.5, 0.6) is 0 Å². The Morgan fingerprint density at radius 3 is 2.75 bits per heavy atom. The van der Waals surface area contributed by atoms with Crippen molar-refractivity contribution in [1.29, 1.82) is 0 Å². The quantitative estimate of drug-likeness (QED) is 0.667. The molecule has 2 fully saturated rings. The van der Waals surface area contributed by atoms with E-state index in [0.29, 0.717) is 12.1 Å². The summed E-state index contributed by atoms with van der Waals surface area (Å²) in [6.45, 7) is 4.48. The molecule has 2 N–H and O–H groups in total. The molecule has 0 spiro atoms. The topological polar surface area (TPSA) is 58.3 Å². The molecule has 1 aromatic rings. The second-order valence-corrected chi connectivity index (χ2v) is 6.51. The maximum atomic E-state index is 5.99. The van der Waals surface area contributed by atoms with Crippen LogP contribution in [0.1, 0.15) is 19.3 Å². The molecule has 2 saturated heterocycles. The Kier molecular flexibility index (Phi) is 4.43. The summed E-state index contributed by atoms with van der Waals surface area (Å²) < 4.78 is 0. The number of piperidine rings is 1. The van der Waals surface area contributed by atoms with Gasteiger partial charge in [0.05, 0.1) is 0 Å². The predicted octanol–water partition coefficient (Wildman–Crippen LogP) is 1.20. The van der Waals surface area contributed by atoms with Gasteiger partial charge in [-0.05, 0) is 38.6 Å². The lowest BCUT2D eigenvalue weighted by molar-refractivity contribution is 0.163. The first-order chi connectivity index (χ1) is 9.76. The summed E-state index contributed by atoms with van der Waals surface area (Å²) in [4.78, 5) is 13.7. The summed E-state index contributed by atoms with van der Waals surface area (Å²) in [6, 6.07) is 3.17. The fourth-order valence-electron chi connectivity index (χ4n) is 3.15. The number of rotatable bonds is 3. The van der Waals surface area contributed by atoms with Crippen LogP contribution in [0, 0.1) is 0 Å². The van der Waals surface area contributed by atoms with Crippen molar-refractivity contribution in [1.82, 2.24) is 14.9 Å². The van der Waals surface area contributed by atoms with E-state index in [0.717, 1.165) is 49.9 Å². The van der Waals surface area contributed by atoms with Gasteiger partial charge in [0.1, 0.15) is 17.2 Å². The number of nitrogens with zero attached hydrogens (tertiary/aromatic N) is 4. The monoisotopic (exact) mass is 293 g/mol. The fraction of sp³-hybridized carbons (Fsp3) is 0.714. The summed E-state index contributed by atoms with van der Waals surface area (Å²) in [6.07, 6.45) is 7.24. The molecule has 0 aliphatic carbocycles. The Bertz CT molecular complexity index is 447. The number of hydrogen-bond donors (Lipinski definition) is 1. The van der Waals surface area contributed by atoms with Gasteiger partial charge in [-0.2, -0.15) is 0 Å². The van der Waals surface area contributed by atoms with Gasteiger partial charge in [0.25, 0.3) is 0 Å². The highest BCUT2D eigenvalue weighted by atomic mass is 32.2. The van der Waals surface area contributed by atoms with E-state index >= 15 is 0 Å². The number of nitrogens with two attached hydrogens (primary N) is 1. The second kappa shape index (κ2) is 6.28. The molecule has 1 aromatic heterocycles. The number of thioether (sulfide) groups is 1. The molecule has 0 aromatic carbocycles. The van der Waals surface area contributed by atoms with Crippen molar-refractivity contribution in [2.75, 3.05) is 37.3 Å². The molecular weight excluding hydrogens is 270 g/mol. The largest absolute Gasteiger partial charge is 0.355 e. The smallest absolute Gasteiger partial charge is 0.133 e. The third-order valence-corrected chi connectivity index (χ3v) is 5.06. The highest BCUT2D eigenvalue weighted by Crippen LogP contribution is 2.25. The van der Waals surface area contributed by atoms with E-state index in [1.807, 2.05) is 0 Å². The summed E-state index contributed by atoms with van der Waals surface area (Å²) in [7, 11) is 0. The number of aromatic nitrogens is 2. The summed E-state index contributed by atoms with van der Waals surface area (Å²) >= 11 is 1.67. The van der Waals surface area contributed by atoms with E-state index in [1.54, 1.807) is 18.1 Å². The molecule has 6 heteroatoms. The van der Waals surface area contributed by atoms with Crippen LogP contribution in [0.4, 0.5) is 5.82 Å². The van der Waals surface area contributed by atoms with Gasteiger partial charge in [0, 0.05) is 31.2 Å². The van der Waals surface area contributed by atoms with Gasteiger partial charge in [-0.1, -0.05) is 0 Å². The SMILES string of the molecule is CSc1cc(N2CCC(N3CCC(N)CC3)C2)ncn1. The van der Waals surface area contributed by atoms with E-state index in [4.69, 9.17) is 5.73 Å². The van der Waals surface area contributed by atoms with Gasteiger partial charge in [-0.25, -0.2) is 9.97 Å². The minimum atomic E-state index is 0.412. The van der Waals surface area contributed by atoms with Crippen LogP contribution in [0.25, 0.3) is 0 Å². The van der Waals surface area contributed by atoms with Gasteiger partial charge in [-0.15, -0.1) is 11.8 Å². The molecule has 0 bridgehead atoms. The normalized spacial score (nSPS) is 25.3. The van der Waals surface area contributed by atoms with Gasteiger partial charge >= 0.3 is 0 Å². The van der Waals surface area contributed by atoms with Crippen molar-refractivity contribution in [2.24, 2.45) is 5.73 Å². The zero-order chi connectivity index (χ0) is 13.9. The van der Waals surface area contributed by atoms with Crippen LogP contribution >= 0.6 is 11.8 Å². The Hall–Kier alpha value is -0.850. The van der Waals surface area contributed by atoms with Crippen molar-refractivity contribution in [3.05, 3.63) is 12.4 Å². The van der Waals surface area contributed by atoms with Crippen LogP contribution in [0.15, 0.2) is 17.4 Å². The second-order valence-electron chi connectivity index (χ2n) is 5.68. The first-order valence-corrected chi connectivity index (χ1v) is 8.59. The van der Waals surface area contributed by atoms with Crippen molar-refractivity contribution in [3.63, 3.8) is 0 Å². The van der Waals surface area contributed by atoms with Crippen LogP contribution < -0.4 is 10.6 Å². The van der Waals surface area contributed by atoms with Gasteiger partial charge in [-0.3, -0.25) is 4.90 Å². The highest BCUT2D eigenvalue weighted by Gasteiger charge is 2.30. The molecule has 0 saturated carbocycles. The summed E-state index contributed by atoms with van der Waals surface area (Å²) in [5.41, 5.74) is 5.99. The van der Waals surface area contributed by atoms with Gasteiger partial charge < -0.3 is 10.6 Å². The van der Waals surface area contributed by atoms with Crippen molar-refractivity contribution >= 4 is 17.6 Å². The summed E-state index contributed by atoms with van der Waals surface area (Å²) in [5.74, 6) is 1.07. The highest BCUT2D eigenvalue weighted by molar-refractivity contribution is 7.98. The van der Waals surface area contributed by atoms with E-state index in [-0.39, 0.29) is 0 Å². The average Bonchev–Trinajstić information content (AvgIpc) is 2.98. The van der Waals surface area contributed by atoms with E-state index < -0.39 is 0 Å². The van der Waals surface area contributed by atoms with Crippen molar-refractivity contribution in [2.45, 2.75) is 36.4 Å². The Balaban J connectivity index is 1.61. The number of hydrogen-bond acceptors (Lipinski definition) is 6. The molecule has 3 heterocycles. The Morgan fingerprint density at radius 1 is 1.20 bits per heavy atom. The van der Waals surface area contributed by atoms with Gasteiger partial charge in [0.2, 0.25) is 0 Å². The predicted molar refractivity (Wildman–Crippen MR) is 83.2 cm³/mol. The third kappa shape index (κ3) is 3.07. The third-order valence-electron chi connectivity index (χ3n) is 4.41. The van der Waals surface area contributed by atoms with Crippen molar-refractivity contribution < 1.29 is 0 Å². The first kappa shape index (κ1) is 14.1. The van der Waals surface area contributed by atoms with Crippen LogP contribution in [-0.4, -0.2) is 59.4 Å². The minimum absolute atomic E-state index is 0.412. The fourth-order valence-corrected chi connectivity index (χ4v) is 3.52. The molecule has 0 amide bonds. The molecular formula is C14H23N5S. The lowest BCUT2D eigenvalue weighted by atomic mass is 10.0. The van der Waals surface area contributed by atoms with E-state index in [9.17, 15) is 0 Å². The molecule has 3 rings (SSSR count). The lowest BCUT2D eigenvalue weighted by Gasteiger charge is -2.34. The minimum Gasteiger partial charge on any atom is -0.355 e. The molecule has 1 unspecified atom stereocenters. The molecule has 110 valence electrons. The standard InChI is InChI=1S/C14H23N5S/c1-20-14-8-13(16-10-17-14)19-7-4-12(9-19)18-5-2-11(15)3-6-18/h8,10-12H,2-7,9,15H2,1H3. The Morgan fingerprint density at radius 2 is 2.00 bits per heavy atom. The number of anilines is 1. The van der Waals surface area contributed by atoms with Crippen LogP contribution in [0.2, 0.25) is 0 Å². The molecule has 2 aliphatic rings. The maximum absolute atomic E-state index is 5.99.